The molecule has 2 aromatic carbocycles. The first-order valence-corrected chi connectivity index (χ1v) is 15.0. The first-order chi connectivity index (χ1) is 21.9. The molecule has 3 aliphatic heterocycles. The van der Waals surface area contributed by atoms with Crippen LogP contribution in [0, 0.1) is 0 Å². The molecule has 4 amide bonds. The van der Waals surface area contributed by atoms with E-state index in [1.54, 1.807) is 36.9 Å². The number of urea groups is 1. The number of alkyl halides is 6. The summed E-state index contributed by atoms with van der Waals surface area (Å²) in [5, 5.41) is 12.6. The molecule has 47 heavy (non-hydrogen) atoms. The van der Waals surface area contributed by atoms with Crippen molar-refractivity contribution < 1.29 is 55.3 Å². The molecular weight excluding hydrogens is 638 g/mol. The number of aliphatic hydroxyl groups is 1. The summed E-state index contributed by atoms with van der Waals surface area (Å²) in [5.74, 6) is -0.230. The number of hydrogen-bond acceptors (Lipinski definition) is 7. The normalized spacial score (nSPS) is 22.1. The number of halogens is 6. The van der Waals surface area contributed by atoms with Crippen LogP contribution in [0.4, 0.5) is 36.8 Å². The molecule has 0 bridgehead atoms. The summed E-state index contributed by atoms with van der Waals surface area (Å²) < 4.78 is 92.3. The molecule has 0 aromatic heterocycles. The number of piperazine rings is 1. The maximum absolute atomic E-state index is 13.5. The Hall–Kier alpha value is -4.21. The highest BCUT2D eigenvalue weighted by Gasteiger charge is 2.71. The molecule has 2 aromatic rings. The highest BCUT2D eigenvalue weighted by atomic mass is 19.4. The van der Waals surface area contributed by atoms with E-state index >= 15 is 0 Å². The molecule has 3 aliphatic rings. The summed E-state index contributed by atoms with van der Waals surface area (Å²) in [6.45, 7) is 5.53. The molecule has 2 N–H and O–H groups in total. The topological polar surface area (TPSA) is 112 Å². The Bertz CT molecular complexity index is 1550. The van der Waals surface area contributed by atoms with Crippen molar-refractivity contribution in [2.24, 2.45) is 0 Å². The Balaban J connectivity index is 1.30. The second kappa shape index (κ2) is 12.1. The summed E-state index contributed by atoms with van der Waals surface area (Å²) >= 11 is 0. The molecule has 0 aliphatic carbocycles. The molecular formula is C31H34F6N4O6. The van der Waals surface area contributed by atoms with Crippen LogP contribution < -0.4 is 19.7 Å². The number of amides is 4. The number of imide groups is 1. The van der Waals surface area contributed by atoms with E-state index in [-0.39, 0.29) is 31.6 Å². The van der Waals surface area contributed by atoms with Gasteiger partial charge in [0.1, 0.15) is 25.3 Å². The van der Waals surface area contributed by atoms with E-state index in [4.69, 9.17) is 9.47 Å². The van der Waals surface area contributed by atoms with Crippen molar-refractivity contribution in [1.29, 1.82) is 0 Å². The number of benzene rings is 2. The summed E-state index contributed by atoms with van der Waals surface area (Å²) in [6.07, 6.45) is -11.5. The highest BCUT2D eigenvalue weighted by Crippen LogP contribution is 2.50. The van der Waals surface area contributed by atoms with Crippen LogP contribution in [-0.2, 0) is 27.1 Å². The van der Waals surface area contributed by atoms with Crippen LogP contribution in [0.5, 0.6) is 11.5 Å². The standard InChI is InChI=1S/C31H34F6N4O6/c1-4-5-19-14-21(29(45,30(32,33)34)31(35,36)37)6-8-22(19)39-10-11-40(18(2)16-39)25(42)17-41-26(43)28(3,38-27(41)44)20-7-9-23-24(15-20)47-13-12-46-23/h6-9,14-15,18,45H,4-5,10-13,16-17H2,1-3H3,(H,38,44). The van der Waals surface area contributed by atoms with Crippen molar-refractivity contribution in [3.8, 4) is 11.5 Å². The predicted molar refractivity (Wildman–Crippen MR) is 155 cm³/mol. The number of ether oxygens (including phenoxy) is 2. The average Bonchev–Trinajstić information content (AvgIpc) is 3.22. The van der Waals surface area contributed by atoms with Gasteiger partial charge in [-0.25, -0.2) is 4.79 Å². The van der Waals surface area contributed by atoms with Crippen molar-refractivity contribution in [3.05, 3.63) is 53.1 Å². The monoisotopic (exact) mass is 672 g/mol. The van der Waals surface area contributed by atoms with Crippen LogP contribution in [0.25, 0.3) is 0 Å². The van der Waals surface area contributed by atoms with Crippen LogP contribution in [0.2, 0.25) is 0 Å². The Morgan fingerprint density at radius 1 is 1.00 bits per heavy atom. The number of rotatable bonds is 7. The fourth-order valence-electron chi connectivity index (χ4n) is 6.24. The lowest BCUT2D eigenvalue weighted by molar-refractivity contribution is -0.376. The van der Waals surface area contributed by atoms with Gasteiger partial charge in [-0.05, 0) is 49.6 Å². The van der Waals surface area contributed by atoms with Crippen LogP contribution in [0.15, 0.2) is 36.4 Å². The molecule has 0 saturated carbocycles. The second-order valence-corrected chi connectivity index (χ2v) is 12.0. The van der Waals surface area contributed by atoms with E-state index in [9.17, 15) is 45.8 Å². The molecule has 2 atom stereocenters. The third-order valence-electron chi connectivity index (χ3n) is 8.81. The van der Waals surface area contributed by atoms with E-state index in [1.807, 2.05) is 0 Å². The maximum atomic E-state index is 13.5. The van der Waals surface area contributed by atoms with Gasteiger partial charge in [0.25, 0.3) is 11.5 Å². The Kier molecular flexibility index (Phi) is 8.79. The van der Waals surface area contributed by atoms with Crippen LogP contribution in [0.3, 0.4) is 0 Å². The zero-order valence-corrected chi connectivity index (χ0v) is 25.8. The molecule has 0 radical (unpaired) electrons. The first kappa shape index (κ1) is 34.1. The average molecular weight is 673 g/mol. The molecule has 5 rings (SSSR count). The lowest BCUT2D eigenvalue weighted by atomic mass is 9.89. The van der Waals surface area contributed by atoms with Crippen molar-refractivity contribution in [2.75, 3.05) is 44.3 Å². The molecule has 2 saturated heterocycles. The van der Waals surface area contributed by atoms with Crippen molar-refractivity contribution in [3.63, 3.8) is 0 Å². The Morgan fingerprint density at radius 2 is 1.66 bits per heavy atom. The number of nitrogens with one attached hydrogen (secondary N) is 1. The molecule has 0 spiro atoms. The quantitative estimate of drug-likeness (QED) is 0.335. The van der Waals surface area contributed by atoms with E-state index in [0.29, 0.717) is 48.5 Å². The van der Waals surface area contributed by atoms with Gasteiger partial charge in [0, 0.05) is 36.9 Å². The Labute approximate surface area is 266 Å². The number of carbonyl (C=O) groups excluding carboxylic acids is 3. The maximum Gasteiger partial charge on any atom is 0.430 e. The SMILES string of the molecule is CCCc1cc(C(O)(C(F)(F)F)C(F)(F)F)ccc1N1CCN(C(=O)CN2C(=O)NC(C)(c3ccc4c(c3)OCCO4)C2=O)C(C)C1. The zero-order valence-electron chi connectivity index (χ0n) is 25.8. The van der Waals surface area contributed by atoms with Crippen molar-refractivity contribution >= 4 is 23.5 Å². The summed E-state index contributed by atoms with van der Waals surface area (Å²) in [4.78, 5) is 43.9. The smallest absolute Gasteiger partial charge is 0.430 e. The van der Waals surface area contributed by atoms with Crippen LogP contribution in [-0.4, -0.2) is 90.5 Å². The van der Waals surface area contributed by atoms with Crippen molar-refractivity contribution in [2.45, 2.75) is 63.1 Å². The summed E-state index contributed by atoms with van der Waals surface area (Å²) in [6, 6.07) is 6.09. The fraction of sp³-hybridized carbons (Fsp3) is 0.516. The lowest BCUT2D eigenvalue weighted by Gasteiger charge is -2.42. The van der Waals surface area contributed by atoms with Crippen molar-refractivity contribution in [1.82, 2.24) is 15.1 Å². The molecule has 256 valence electrons. The second-order valence-electron chi connectivity index (χ2n) is 12.0. The minimum absolute atomic E-state index is 0.103. The summed E-state index contributed by atoms with van der Waals surface area (Å²) in [5.41, 5.74) is -6.84. The van der Waals surface area contributed by atoms with Gasteiger partial charge in [0.2, 0.25) is 5.91 Å². The van der Waals surface area contributed by atoms with Gasteiger partial charge in [0.15, 0.2) is 11.5 Å². The third kappa shape index (κ3) is 5.91. The molecule has 2 fully saturated rings. The number of nitrogens with zero attached hydrogens (tertiary/aromatic N) is 3. The summed E-state index contributed by atoms with van der Waals surface area (Å²) in [7, 11) is 0. The zero-order chi connectivity index (χ0) is 34.5. The van der Waals surface area contributed by atoms with Gasteiger partial charge >= 0.3 is 18.4 Å². The molecule has 10 nitrogen and oxygen atoms in total. The van der Waals surface area contributed by atoms with Crippen LogP contribution >= 0.6 is 0 Å². The Morgan fingerprint density at radius 3 is 2.28 bits per heavy atom. The van der Waals surface area contributed by atoms with Gasteiger partial charge in [-0.3, -0.25) is 14.5 Å². The van der Waals surface area contributed by atoms with E-state index in [0.717, 1.165) is 17.0 Å². The van der Waals surface area contributed by atoms with E-state index in [2.05, 4.69) is 5.32 Å². The predicted octanol–water partition coefficient (Wildman–Crippen LogP) is 4.23. The molecule has 16 heteroatoms. The van der Waals surface area contributed by atoms with Gasteiger partial charge in [-0.2, -0.15) is 26.3 Å². The van der Waals surface area contributed by atoms with Gasteiger partial charge in [-0.1, -0.05) is 31.5 Å². The first-order valence-electron chi connectivity index (χ1n) is 15.0. The number of aryl methyl sites for hydroxylation is 1. The minimum Gasteiger partial charge on any atom is -0.486 e. The number of hydrogen-bond donors (Lipinski definition) is 2. The van der Waals surface area contributed by atoms with Crippen LogP contribution in [0.1, 0.15) is 43.9 Å². The molecule has 3 heterocycles. The highest BCUT2D eigenvalue weighted by molar-refractivity contribution is 6.09. The minimum atomic E-state index is -6.01. The largest absolute Gasteiger partial charge is 0.486 e. The lowest BCUT2D eigenvalue weighted by Crippen LogP contribution is -2.56. The number of anilines is 1. The van der Waals surface area contributed by atoms with E-state index in [1.165, 1.54) is 11.8 Å². The van der Waals surface area contributed by atoms with Gasteiger partial charge < -0.3 is 29.7 Å². The van der Waals surface area contributed by atoms with Gasteiger partial charge in [-0.15, -0.1) is 0 Å². The fourth-order valence-corrected chi connectivity index (χ4v) is 6.24. The van der Waals surface area contributed by atoms with Gasteiger partial charge in [0.05, 0.1) is 0 Å². The number of carbonyl (C=O) groups is 3. The third-order valence-corrected chi connectivity index (χ3v) is 8.81. The molecule has 2 unspecified atom stereocenters. The van der Waals surface area contributed by atoms with E-state index < -0.39 is 59.5 Å². The number of fused-ring (bicyclic) bond motifs is 1.